The molecule has 9 unspecified atom stereocenters. The monoisotopic (exact) mass is 874 g/mol. The normalized spacial score (nSPS) is 21.4. The summed E-state index contributed by atoms with van der Waals surface area (Å²) < 4.78 is 11.1. The summed E-state index contributed by atoms with van der Waals surface area (Å²) in [5.41, 5.74) is 0. The van der Waals surface area contributed by atoms with Crippen LogP contribution in [0.4, 0.5) is 0 Å². The minimum atomic E-state index is -1.66. The molecule has 11 nitrogen and oxygen atoms in total. The fourth-order valence-corrected chi connectivity index (χ4v) is 8.62. The summed E-state index contributed by atoms with van der Waals surface area (Å²) in [7, 11) is 0. The standard InChI is InChI=1S/C50H99NO10/c1-3-5-7-9-11-13-14-15-16-17-18-19-20-21-22-23-24-25-26-27-28-29-30-32-33-35-37-42(53)45(55)41(40-60-50-48(58)47(57)46(56)44(39-52)61-50)51-49(59)43(54)38-36-34-31-12-10-8-6-4-2/h41-48,50,52-58H,3-40H2,1-2H3,(H,51,59). The first-order chi connectivity index (χ1) is 29.7. The Kier molecular flexibility index (Phi) is 38.7. The Hall–Kier alpha value is -0.890. The highest BCUT2D eigenvalue weighted by Gasteiger charge is 2.44. The van der Waals surface area contributed by atoms with E-state index in [0.717, 1.165) is 38.5 Å². The quantitative estimate of drug-likeness (QED) is 0.0274. The van der Waals surface area contributed by atoms with Crippen molar-refractivity contribution in [2.75, 3.05) is 13.2 Å². The van der Waals surface area contributed by atoms with Crippen molar-refractivity contribution in [3.05, 3.63) is 0 Å². The molecule has 0 spiro atoms. The molecule has 364 valence electrons. The molecule has 9 atom stereocenters. The van der Waals surface area contributed by atoms with Crippen LogP contribution >= 0.6 is 0 Å². The van der Waals surface area contributed by atoms with Gasteiger partial charge in [-0.25, -0.2) is 0 Å². The lowest BCUT2D eigenvalue weighted by atomic mass is 9.98. The van der Waals surface area contributed by atoms with Crippen LogP contribution in [0.5, 0.6) is 0 Å². The van der Waals surface area contributed by atoms with E-state index >= 15 is 0 Å². The number of hydrogen-bond acceptors (Lipinski definition) is 10. The number of hydrogen-bond donors (Lipinski definition) is 8. The number of aliphatic hydroxyl groups excluding tert-OH is 7. The molecule has 0 aromatic heterocycles. The van der Waals surface area contributed by atoms with E-state index < -0.39 is 74.2 Å². The first-order valence-corrected chi connectivity index (χ1v) is 25.9. The van der Waals surface area contributed by atoms with Gasteiger partial charge in [-0.1, -0.05) is 232 Å². The van der Waals surface area contributed by atoms with Gasteiger partial charge in [0.05, 0.1) is 25.4 Å². The van der Waals surface area contributed by atoms with Gasteiger partial charge in [0.25, 0.3) is 0 Å². The van der Waals surface area contributed by atoms with Crippen LogP contribution in [0.1, 0.15) is 245 Å². The predicted molar refractivity (Wildman–Crippen MR) is 247 cm³/mol. The molecule has 0 saturated carbocycles. The van der Waals surface area contributed by atoms with E-state index in [2.05, 4.69) is 19.2 Å². The predicted octanol–water partition coefficient (Wildman–Crippen LogP) is 9.45. The summed E-state index contributed by atoms with van der Waals surface area (Å²) in [6, 6.07) is -1.16. The molecule has 1 rings (SSSR count). The Morgan fingerprint density at radius 1 is 0.508 bits per heavy atom. The lowest BCUT2D eigenvalue weighted by Crippen LogP contribution is -2.60. The summed E-state index contributed by atoms with van der Waals surface area (Å²) in [6.45, 7) is 3.42. The van der Waals surface area contributed by atoms with Gasteiger partial charge in [0.2, 0.25) is 5.91 Å². The molecule has 8 N–H and O–H groups in total. The van der Waals surface area contributed by atoms with E-state index in [1.165, 1.54) is 167 Å². The minimum Gasteiger partial charge on any atom is -0.394 e. The molecule has 61 heavy (non-hydrogen) atoms. The van der Waals surface area contributed by atoms with Gasteiger partial charge in [-0.3, -0.25) is 4.79 Å². The number of carbonyl (C=O) groups is 1. The molecule has 0 radical (unpaired) electrons. The van der Waals surface area contributed by atoms with E-state index in [1.807, 2.05) is 0 Å². The van der Waals surface area contributed by atoms with Crippen molar-refractivity contribution in [1.29, 1.82) is 0 Å². The molecule has 1 amide bonds. The van der Waals surface area contributed by atoms with Gasteiger partial charge in [-0.2, -0.15) is 0 Å². The third kappa shape index (κ3) is 30.0. The lowest BCUT2D eigenvalue weighted by molar-refractivity contribution is -0.303. The molecule has 11 heteroatoms. The van der Waals surface area contributed by atoms with Crippen molar-refractivity contribution >= 4 is 5.91 Å². The number of rotatable bonds is 44. The van der Waals surface area contributed by atoms with Crippen molar-refractivity contribution in [3.63, 3.8) is 0 Å². The minimum absolute atomic E-state index is 0.263. The Labute approximate surface area is 373 Å². The molecule has 0 aromatic carbocycles. The van der Waals surface area contributed by atoms with Gasteiger partial charge in [0.15, 0.2) is 6.29 Å². The van der Waals surface area contributed by atoms with Crippen LogP contribution < -0.4 is 5.32 Å². The number of ether oxygens (including phenoxy) is 2. The molecule has 1 aliphatic heterocycles. The zero-order valence-electron chi connectivity index (χ0n) is 39.4. The second kappa shape index (κ2) is 40.6. The Morgan fingerprint density at radius 2 is 0.852 bits per heavy atom. The Balaban J connectivity index is 2.24. The van der Waals surface area contributed by atoms with Gasteiger partial charge in [0.1, 0.15) is 36.6 Å². The first-order valence-electron chi connectivity index (χ1n) is 25.9. The molecule has 0 bridgehead atoms. The first kappa shape index (κ1) is 58.1. The molecule has 0 aromatic rings. The van der Waals surface area contributed by atoms with Gasteiger partial charge < -0.3 is 50.5 Å². The van der Waals surface area contributed by atoms with Crippen LogP contribution in [0, 0.1) is 0 Å². The van der Waals surface area contributed by atoms with Crippen molar-refractivity contribution in [3.8, 4) is 0 Å². The van der Waals surface area contributed by atoms with Crippen molar-refractivity contribution in [1.82, 2.24) is 5.32 Å². The van der Waals surface area contributed by atoms with E-state index in [4.69, 9.17) is 9.47 Å². The van der Waals surface area contributed by atoms with E-state index in [9.17, 15) is 40.5 Å². The summed E-state index contributed by atoms with van der Waals surface area (Å²) in [5.74, 6) is -0.697. The molecule has 1 fully saturated rings. The van der Waals surface area contributed by atoms with E-state index in [-0.39, 0.29) is 6.42 Å². The topological polar surface area (TPSA) is 189 Å². The average molecular weight is 874 g/mol. The number of unbranched alkanes of at least 4 members (excludes halogenated alkanes) is 32. The van der Waals surface area contributed by atoms with Crippen LogP contribution in [0.2, 0.25) is 0 Å². The maximum Gasteiger partial charge on any atom is 0.249 e. The van der Waals surface area contributed by atoms with Crippen molar-refractivity contribution in [2.45, 2.75) is 300 Å². The second-order valence-corrected chi connectivity index (χ2v) is 18.6. The van der Waals surface area contributed by atoms with Gasteiger partial charge in [-0.15, -0.1) is 0 Å². The highest BCUT2D eigenvalue weighted by Crippen LogP contribution is 2.23. The number of amides is 1. The maximum atomic E-state index is 13.0. The summed E-state index contributed by atoms with van der Waals surface area (Å²) in [6.07, 6.45) is 31.9. The summed E-state index contributed by atoms with van der Waals surface area (Å²) >= 11 is 0. The molecule has 1 aliphatic rings. The number of aliphatic hydroxyl groups is 7. The van der Waals surface area contributed by atoms with Crippen LogP contribution in [0.25, 0.3) is 0 Å². The molecule has 1 saturated heterocycles. The Morgan fingerprint density at radius 3 is 1.21 bits per heavy atom. The van der Waals surface area contributed by atoms with Crippen LogP contribution in [-0.2, 0) is 14.3 Å². The zero-order valence-corrected chi connectivity index (χ0v) is 39.4. The van der Waals surface area contributed by atoms with Crippen molar-refractivity contribution < 1.29 is 50.0 Å². The van der Waals surface area contributed by atoms with E-state index in [0.29, 0.717) is 19.3 Å². The highest BCUT2D eigenvalue weighted by molar-refractivity contribution is 5.80. The average Bonchev–Trinajstić information content (AvgIpc) is 3.26. The molecular formula is C50H99NO10. The number of carbonyl (C=O) groups excluding carboxylic acids is 1. The Bertz CT molecular complexity index is 959. The smallest absolute Gasteiger partial charge is 0.249 e. The molecule has 1 heterocycles. The summed E-state index contributed by atoms with van der Waals surface area (Å²) in [4.78, 5) is 13.0. The third-order valence-electron chi connectivity index (χ3n) is 12.9. The maximum absolute atomic E-state index is 13.0. The zero-order chi connectivity index (χ0) is 44.8. The molecular weight excluding hydrogens is 775 g/mol. The fourth-order valence-electron chi connectivity index (χ4n) is 8.62. The van der Waals surface area contributed by atoms with E-state index in [1.54, 1.807) is 0 Å². The van der Waals surface area contributed by atoms with Crippen LogP contribution in [0.15, 0.2) is 0 Å². The fraction of sp³-hybridized carbons (Fsp3) is 0.980. The van der Waals surface area contributed by atoms with Crippen LogP contribution in [0.3, 0.4) is 0 Å². The van der Waals surface area contributed by atoms with Gasteiger partial charge >= 0.3 is 0 Å². The SMILES string of the molecule is CCCCCCCCCCCCCCCCCCCCCCCCCCCCC(O)C(O)C(COC1OC(CO)C(O)C(O)C1O)NC(=O)C(O)CCCCCCCCCC. The van der Waals surface area contributed by atoms with Crippen LogP contribution in [-0.4, -0.2) is 110 Å². The second-order valence-electron chi connectivity index (χ2n) is 18.6. The molecule has 0 aliphatic carbocycles. The van der Waals surface area contributed by atoms with Gasteiger partial charge in [-0.05, 0) is 12.8 Å². The third-order valence-corrected chi connectivity index (χ3v) is 12.9. The highest BCUT2D eigenvalue weighted by atomic mass is 16.7. The largest absolute Gasteiger partial charge is 0.394 e. The lowest BCUT2D eigenvalue weighted by Gasteiger charge is -2.40. The number of nitrogens with one attached hydrogen (secondary N) is 1. The van der Waals surface area contributed by atoms with Crippen molar-refractivity contribution in [2.24, 2.45) is 0 Å². The van der Waals surface area contributed by atoms with Gasteiger partial charge in [0, 0.05) is 0 Å². The summed E-state index contributed by atoms with van der Waals surface area (Å²) in [5, 5.41) is 75.6.